The Kier molecular flexibility index (Phi) is 3.89. The van der Waals surface area contributed by atoms with Crippen molar-refractivity contribution in [3.63, 3.8) is 0 Å². The molecule has 1 rings (SSSR count). The van der Waals surface area contributed by atoms with Crippen LogP contribution in [0.25, 0.3) is 0 Å². The summed E-state index contributed by atoms with van der Waals surface area (Å²) in [6.07, 6.45) is 0. The number of anilines is 1. The minimum absolute atomic E-state index is 0.383. The lowest BCUT2D eigenvalue weighted by molar-refractivity contribution is -0.117. The van der Waals surface area contributed by atoms with Gasteiger partial charge in [-0.15, -0.1) is 0 Å². The predicted octanol–water partition coefficient (Wildman–Crippen LogP) is 1.65. The van der Waals surface area contributed by atoms with Crippen molar-refractivity contribution in [3.05, 3.63) is 29.6 Å². The third-order valence-corrected chi connectivity index (χ3v) is 2.12. The van der Waals surface area contributed by atoms with Crippen LogP contribution >= 0.6 is 0 Å². The lowest BCUT2D eigenvalue weighted by atomic mass is 10.2. The van der Waals surface area contributed by atoms with Gasteiger partial charge in [0.05, 0.1) is 11.7 Å². The zero-order chi connectivity index (χ0) is 12.3. The van der Waals surface area contributed by atoms with Crippen LogP contribution in [0.4, 0.5) is 18.9 Å². The zero-order valence-electron chi connectivity index (χ0n) is 8.77. The Balaban J connectivity index is 2.91. The number of carbonyl (C=O) groups is 1. The molecule has 16 heavy (non-hydrogen) atoms. The summed E-state index contributed by atoms with van der Waals surface area (Å²) in [6.45, 7) is 1.55. The van der Waals surface area contributed by atoms with Crippen molar-refractivity contribution in [1.82, 2.24) is 5.32 Å². The maximum absolute atomic E-state index is 13.1. The van der Waals surface area contributed by atoms with E-state index < -0.39 is 29.4 Å². The number of halogens is 3. The summed E-state index contributed by atoms with van der Waals surface area (Å²) in [7, 11) is 1.55. The summed E-state index contributed by atoms with van der Waals surface area (Å²) in [5, 5.41) is 4.77. The van der Waals surface area contributed by atoms with Gasteiger partial charge in [-0.1, -0.05) is 0 Å². The highest BCUT2D eigenvalue weighted by atomic mass is 19.2. The molecule has 0 saturated heterocycles. The van der Waals surface area contributed by atoms with Crippen LogP contribution in [0.1, 0.15) is 6.92 Å². The second-order valence-corrected chi connectivity index (χ2v) is 3.22. The maximum Gasteiger partial charge on any atom is 0.241 e. The van der Waals surface area contributed by atoms with E-state index in [0.717, 1.165) is 12.1 Å². The number of benzene rings is 1. The van der Waals surface area contributed by atoms with E-state index in [0.29, 0.717) is 0 Å². The minimum atomic E-state index is -1.60. The minimum Gasteiger partial charge on any atom is -0.322 e. The van der Waals surface area contributed by atoms with Gasteiger partial charge >= 0.3 is 0 Å². The second-order valence-electron chi connectivity index (χ2n) is 3.22. The molecule has 1 atom stereocenters. The highest BCUT2D eigenvalue weighted by Crippen LogP contribution is 2.19. The molecule has 0 bridgehead atoms. The molecule has 1 unspecified atom stereocenters. The molecular formula is C10H11F3N2O. The van der Waals surface area contributed by atoms with Crippen LogP contribution in [-0.2, 0) is 4.79 Å². The van der Waals surface area contributed by atoms with E-state index >= 15 is 0 Å². The average molecular weight is 232 g/mol. The highest BCUT2D eigenvalue weighted by molar-refractivity contribution is 5.94. The Morgan fingerprint density at radius 3 is 2.44 bits per heavy atom. The van der Waals surface area contributed by atoms with Gasteiger partial charge in [0, 0.05) is 0 Å². The predicted molar refractivity (Wildman–Crippen MR) is 53.5 cm³/mol. The molecule has 3 nitrogen and oxygen atoms in total. The van der Waals surface area contributed by atoms with Crippen LogP contribution in [0, 0.1) is 17.5 Å². The van der Waals surface area contributed by atoms with Crippen molar-refractivity contribution in [2.24, 2.45) is 0 Å². The fourth-order valence-electron chi connectivity index (χ4n) is 0.995. The number of nitrogens with one attached hydrogen (secondary N) is 2. The number of carbonyl (C=O) groups excluding carboxylic acids is 1. The summed E-state index contributed by atoms with van der Waals surface area (Å²) in [5.74, 6) is -4.84. The first-order valence-electron chi connectivity index (χ1n) is 4.59. The van der Waals surface area contributed by atoms with Gasteiger partial charge < -0.3 is 10.6 Å². The Hall–Kier alpha value is -1.56. The monoisotopic (exact) mass is 232 g/mol. The first kappa shape index (κ1) is 12.5. The van der Waals surface area contributed by atoms with Gasteiger partial charge in [-0.25, -0.2) is 13.2 Å². The Morgan fingerprint density at radius 2 is 1.88 bits per heavy atom. The Morgan fingerprint density at radius 1 is 1.25 bits per heavy atom. The van der Waals surface area contributed by atoms with Gasteiger partial charge in [0.2, 0.25) is 5.91 Å². The lowest BCUT2D eigenvalue weighted by Crippen LogP contribution is -2.35. The molecule has 0 aromatic heterocycles. The first-order chi connectivity index (χ1) is 7.47. The molecule has 0 radical (unpaired) electrons. The summed E-state index contributed by atoms with van der Waals surface area (Å²) in [5.41, 5.74) is -0.383. The molecule has 0 heterocycles. The summed E-state index contributed by atoms with van der Waals surface area (Å²) >= 11 is 0. The summed E-state index contributed by atoms with van der Waals surface area (Å²) in [4.78, 5) is 11.3. The van der Waals surface area contributed by atoms with Crippen LogP contribution in [-0.4, -0.2) is 19.0 Å². The van der Waals surface area contributed by atoms with Crippen molar-refractivity contribution in [2.45, 2.75) is 13.0 Å². The van der Waals surface area contributed by atoms with Gasteiger partial charge in [0.1, 0.15) is 0 Å². The highest BCUT2D eigenvalue weighted by Gasteiger charge is 2.17. The number of hydrogen-bond acceptors (Lipinski definition) is 2. The molecule has 1 aromatic carbocycles. The molecule has 0 aliphatic heterocycles. The molecule has 6 heteroatoms. The van der Waals surface area contributed by atoms with Crippen molar-refractivity contribution in [3.8, 4) is 0 Å². The fourth-order valence-corrected chi connectivity index (χ4v) is 0.995. The molecule has 1 aromatic rings. The normalized spacial score (nSPS) is 12.3. The van der Waals surface area contributed by atoms with Crippen LogP contribution in [0.3, 0.4) is 0 Å². The molecule has 1 amide bonds. The van der Waals surface area contributed by atoms with E-state index in [2.05, 4.69) is 10.6 Å². The maximum atomic E-state index is 13.1. The SMILES string of the molecule is CNC(C)C(=O)Nc1ccc(F)c(F)c1F. The largest absolute Gasteiger partial charge is 0.322 e. The van der Waals surface area contributed by atoms with E-state index in [-0.39, 0.29) is 5.69 Å². The van der Waals surface area contributed by atoms with Gasteiger partial charge in [-0.05, 0) is 26.1 Å². The summed E-state index contributed by atoms with van der Waals surface area (Å²) < 4.78 is 38.5. The molecule has 2 N–H and O–H groups in total. The number of amides is 1. The zero-order valence-corrected chi connectivity index (χ0v) is 8.77. The molecule has 0 fully saturated rings. The third kappa shape index (κ3) is 2.52. The van der Waals surface area contributed by atoms with Crippen LogP contribution in [0.15, 0.2) is 12.1 Å². The number of likely N-dealkylation sites (N-methyl/N-ethyl adjacent to an activating group) is 1. The van der Waals surface area contributed by atoms with Crippen LogP contribution in [0.2, 0.25) is 0 Å². The smallest absolute Gasteiger partial charge is 0.241 e. The number of rotatable bonds is 3. The second kappa shape index (κ2) is 4.98. The molecule has 88 valence electrons. The van der Waals surface area contributed by atoms with Gasteiger partial charge in [0.25, 0.3) is 0 Å². The topological polar surface area (TPSA) is 41.1 Å². The van der Waals surface area contributed by atoms with Crippen molar-refractivity contribution in [2.75, 3.05) is 12.4 Å². The lowest BCUT2D eigenvalue weighted by Gasteiger charge is -2.11. The average Bonchev–Trinajstić information content (AvgIpc) is 2.28. The van der Waals surface area contributed by atoms with E-state index in [1.54, 1.807) is 14.0 Å². The van der Waals surface area contributed by atoms with Crippen LogP contribution in [0.5, 0.6) is 0 Å². The van der Waals surface area contributed by atoms with Gasteiger partial charge in [-0.2, -0.15) is 0 Å². The van der Waals surface area contributed by atoms with E-state index in [4.69, 9.17) is 0 Å². The van der Waals surface area contributed by atoms with E-state index in [1.807, 2.05) is 0 Å². The molecule has 0 aliphatic carbocycles. The summed E-state index contributed by atoms with van der Waals surface area (Å²) in [6, 6.07) is 1.15. The van der Waals surface area contributed by atoms with Crippen LogP contribution < -0.4 is 10.6 Å². The van der Waals surface area contributed by atoms with Crippen molar-refractivity contribution < 1.29 is 18.0 Å². The third-order valence-electron chi connectivity index (χ3n) is 2.12. The molecular weight excluding hydrogens is 221 g/mol. The standard InChI is InChI=1S/C10H11F3N2O/c1-5(14-2)10(16)15-7-4-3-6(11)8(12)9(7)13/h3-5,14H,1-2H3,(H,15,16). The van der Waals surface area contributed by atoms with E-state index in [1.165, 1.54) is 0 Å². The van der Waals surface area contributed by atoms with Crippen molar-refractivity contribution in [1.29, 1.82) is 0 Å². The fraction of sp³-hybridized carbons (Fsp3) is 0.300. The number of hydrogen-bond donors (Lipinski definition) is 2. The van der Waals surface area contributed by atoms with Gasteiger partial charge in [0.15, 0.2) is 17.5 Å². The Bertz CT molecular complexity index is 409. The van der Waals surface area contributed by atoms with E-state index in [9.17, 15) is 18.0 Å². The van der Waals surface area contributed by atoms with Gasteiger partial charge in [-0.3, -0.25) is 4.79 Å². The van der Waals surface area contributed by atoms with Crippen molar-refractivity contribution >= 4 is 11.6 Å². The quantitative estimate of drug-likeness (QED) is 0.778. The molecule has 0 saturated carbocycles. The molecule has 0 spiro atoms. The first-order valence-corrected chi connectivity index (χ1v) is 4.59. The molecule has 0 aliphatic rings. The Labute approximate surface area is 90.6 Å².